The summed E-state index contributed by atoms with van der Waals surface area (Å²) in [5.74, 6) is -0.0689. The van der Waals surface area contributed by atoms with Crippen LogP contribution in [0.15, 0.2) is 18.3 Å². The van der Waals surface area contributed by atoms with Crippen molar-refractivity contribution < 1.29 is 4.79 Å². The first-order valence-electron chi connectivity index (χ1n) is 6.07. The maximum Gasteiger partial charge on any atom is 0.272 e. The quantitative estimate of drug-likeness (QED) is 0.631. The van der Waals surface area contributed by atoms with Crippen LogP contribution < -0.4 is 5.73 Å². The Kier molecular flexibility index (Phi) is 5.71. The summed E-state index contributed by atoms with van der Waals surface area (Å²) in [7, 11) is 1.79. The standard InChI is InChI=1S/C13H19N3OS/c1-3-4-5-8-16(2)13(17)11-7-6-10(9-15-11)12(14)18/h6-7,9H,3-5,8H2,1-2H3,(H2,14,18). The molecule has 1 heterocycles. The Bertz CT molecular complexity index is 417. The van der Waals surface area contributed by atoms with Crippen molar-refractivity contribution in [2.75, 3.05) is 13.6 Å². The van der Waals surface area contributed by atoms with Crippen molar-refractivity contribution in [2.24, 2.45) is 5.73 Å². The average molecular weight is 265 g/mol. The van der Waals surface area contributed by atoms with Gasteiger partial charge in [0.2, 0.25) is 0 Å². The summed E-state index contributed by atoms with van der Waals surface area (Å²) in [6, 6.07) is 3.38. The predicted molar refractivity (Wildman–Crippen MR) is 76.6 cm³/mol. The number of hydrogen-bond acceptors (Lipinski definition) is 3. The van der Waals surface area contributed by atoms with E-state index in [-0.39, 0.29) is 10.9 Å². The molecule has 0 radical (unpaired) electrons. The van der Waals surface area contributed by atoms with Gasteiger partial charge in [0.05, 0.1) is 0 Å². The second-order valence-corrected chi connectivity index (χ2v) is 4.67. The lowest BCUT2D eigenvalue weighted by molar-refractivity contribution is 0.0787. The van der Waals surface area contributed by atoms with Gasteiger partial charge in [0.25, 0.3) is 5.91 Å². The van der Waals surface area contributed by atoms with E-state index >= 15 is 0 Å². The molecule has 0 fully saturated rings. The van der Waals surface area contributed by atoms with Crippen LogP contribution in [-0.2, 0) is 0 Å². The summed E-state index contributed by atoms with van der Waals surface area (Å²) in [4.78, 5) is 18.1. The summed E-state index contributed by atoms with van der Waals surface area (Å²) in [5.41, 5.74) is 6.58. The Morgan fingerprint density at radius 1 is 1.44 bits per heavy atom. The molecule has 0 aliphatic heterocycles. The van der Waals surface area contributed by atoms with E-state index in [1.165, 1.54) is 6.20 Å². The van der Waals surface area contributed by atoms with Crippen LogP contribution in [0.2, 0.25) is 0 Å². The van der Waals surface area contributed by atoms with Crippen molar-refractivity contribution >= 4 is 23.1 Å². The lowest BCUT2D eigenvalue weighted by Crippen LogP contribution is -2.28. The highest BCUT2D eigenvalue weighted by atomic mass is 32.1. The zero-order valence-electron chi connectivity index (χ0n) is 10.8. The van der Waals surface area contributed by atoms with Crippen LogP contribution in [0, 0.1) is 0 Å². The number of unbranched alkanes of at least 4 members (excludes halogenated alkanes) is 2. The Morgan fingerprint density at radius 2 is 2.17 bits per heavy atom. The molecule has 0 bridgehead atoms. The number of amides is 1. The zero-order chi connectivity index (χ0) is 13.5. The van der Waals surface area contributed by atoms with E-state index in [1.807, 2.05) is 0 Å². The maximum absolute atomic E-state index is 12.0. The van der Waals surface area contributed by atoms with Crippen molar-refractivity contribution in [1.29, 1.82) is 0 Å². The van der Waals surface area contributed by atoms with Gasteiger partial charge >= 0.3 is 0 Å². The summed E-state index contributed by atoms with van der Waals surface area (Å²) in [6.45, 7) is 2.89. The zero-order valence-corrected chi connectivity index (χ0v) is 11.7. The van der Waals surface area contributed by atoms with Crippen LogP contribution in [0.5, 0.6) is 0 Å². The molecule has 1 aromatic rings. The molecule has 0 saturated carbocycles. The molecule has 0 unspecified atom stereocenters. The molecule has 0 aromatic carbocycles. The fourth-order valence-corrected chi connectivity index (χ4v) is 1.68. The van der Waals surface area contributed by atoms with Gasteiger partial charge in [0.15, 0.2) is 0 Å². The largest absolute Gasteiger partial charge is 0.389 e. The molecule has 1 rings (SSSR count). The lowest BCUT2D eigenvalue weighted by Gasteiger charge is -2.16. The van der Waals surface area contributed by atoms with E-state index in [1.54, 1.807) is 24.1 Å². The van der Waals surface area contributed by atoms with Crippen LogP contribution in [0.25, 0.3) is 0 Å². The number of carbonyl (C=O) groups is 1. The molecule has 1 amide bonds. The molecule has 98 valence electrons. The number of carbonyl (C=O) groups excluding carboxylic acids is 1. The number of thiocarbonyl (C=S) groups is 1. The molecule has 5 heteroatoms. The third kappa shape index (κ3) is 4.07. The highest BCUT2D eigenvalue weighted by molar-refractivity contribution is 7.80. The summed E-state index contributed by atoms with van der Waals surface area (Å²) < 4.78 is 0. The molecular weight excluding hydrogens is 246 g/mol. The van der Waals surface area contributed by atoms with Gasteiger partial charge < -0.3 is 10.6 Å². The number of aromatic nitrogens is 1. The van der Waals surface area contributed by atoms with Crippen molar-refractivity contribution in [3.8, 4) is 0 Å². The number of pyridine rings is 1. The number of nitrogens with two attached hydrogens (primary N) is 1. The van der Waals surface area contributed by atoms with E-state index in [0.717, 1.165) is 25.8 Å². The van der Waals surface area contributed by atoms with Crippen LogP contribution in [0.1, 0.15) is 42.2 Å². The normalized spacial score (nSPS) is 10.1. The number of hydrogen-bond donors (Lipinski definition) is 1. The second kappa shape index (κ2) is 7.06. The molecule has 2 N–H and O–H groups in total. The van der Waals surface area contributed by atoms with Gasteiger partial charge in [-0.1, -0.05) is 32.0 Å². The molecule has 0 atom stereocenters. The summed E-state index contributed by atoms with van der Waals surface area (Å²) >= 11 is 4.84. The fourth-order valence-electron chi connectivity index (χ4n) is 1.56. The summed E-state index contributed by atoms with van der Waals surface area (Å²) in [6.07, 6.45) is 4.83. The molecule has 1 aromatic heterocycles. The van der Waals surface area contributed by atoms with Gasteiger partial charge in [-0.15, -0.1) is 0 Å². The van der Waals surface area contributed by atoms with Gasteiger partial charge in [0, 0.05) is 25.4 Å². The minimum absolute atomic E-state index is 0.0689. The Labute approximate surface area is 113 Å². The minimum atomic E-state index is -0.0689. The van der Waals surface area contributed by atoms with Crippen molar-refractivity contribution in [3.05, 3.63) is 29.6 Å². The van der Waals surface area contributed by atoms with Crippen LogP contribution >= 0.6 is 12.2 Å². The first-order valence-corrected chi connectivity index (χ1v) is 6.48. The first-order chi connectivity index (χ1) is 8.56. The van der Waals surface area contributed by atoms with E-state index in [4.69, 9.17) is 18.0 Å². The maximum atomic E-state index is 12.0. The SMILES string of the molecule is CCCCCN(C)C(=O)c1ccc(C(N)=S)cn1. The molecule has 0 aliphatic rings. The monoisotopic (exact) mass is 265 g/mol. The van der Waals surface area contributed by atoms with Crippen molar-refractivity contribution in [1.82, 2.24) is 9.88 Å². The van der Waals surface area contributed by atoms with Crippen LogP contribution in [0.4, 0.5) is 0 Å². The molecule has 0 spiro atoms. The molecule has 0 aliphatic carbocycles. The smallest absolute Gasteiger partial charge is 0.272 e. The fraction of sp³-hybridized carbons (Fsp3) is 0.462. The third-order valence-electron chi connectivity index (χ3n) is 2.71. The van der Waals surface area contributed by atoms with E-state index < -0.39 is 0 Å². The van der Waals surface area contributed by atoms with Gasteiger partial charge in [-0.3, -0.25) is 9.78 Å². The lowest BCUT2D eigenvalue weighted by atomic mass is 10.2. The summed E-state index contributed by atoms with van der Waals surface area (Å²) in [5, 5.41) is 0. The van der Waals surface area contributed by atoms with Gasteiger partial charge in [-0.05, 0) is 18.6 Å². The highest BCUT2D eigenvalue weighted by Crippen LogP contribution is 2.05. The average Bonchev–Trinajstić information content (AvgIpc) is 2.38. The molecular formula is C13H19N3OS. The number of rotatable bonds is 6. The Morgan fingerprint density at radius 3 is 2.67 bits per heavy atom. The molecule has 18 heavy (non-hydrogen) atoms. The Balaban J connectivity index is 2.63. The van der Waals surface area contributed by atoms with E-state index in [2.05, 4.69) is 11.9 Å². The van der Waals surface area contributed by atoms with E-state index in [9.17, 15) is 4.79 Å². The van der Waals surface area contributed by atoms with E-state index in [0.29, 0.717) is 11.3 Å². The molecule has 0 saturated heterocycles. The first kappa shape index (κ1) is 14.6. The topological polar surface area (TPSA) is 59.2 Å². The number of nitrogens with zero attached hydrogens (tertiary/aromatic N) is 2. The van der Waals surface area contributed by atoms with Crippen LogP contribution in [-0.4, -0.2) is 34.4 Å². The second-order valence-electron chi connectivity index (χ2n) is 4.23. The third-order valence-corrected chi connectivity index (χ3v) is 2.95. The van der Waals surface area contributed by atoms with Gasteiger partial charge in [-0.25, -0.2) is 0 Å². The van der Waals surface area contributed by atoms with Gasteiger partial charge in [0.1, 0.15) is 10.7 Å². The molecule has 4 nitrogen and oxygen atoms in total. The minimum Gasteiger partial charge on any atom is -0.389 e. The van der Waals surface area contributed by atoms with Crippen LogP contribution in [0.3, 0.4) is 0 Å². The van der Waals surface area contributed by atoms with Gasteiger partial charge in [-0.2, -0.15) is 0 Å². The highest BCUT2D eigenvalue weighted by Gasteiger charge is 2.12. The Hall–Kier alpha value is -1.49. The predicted octanol–water partition coefficient (Wildman–Crippen LogP) is 1.98. The van der Waals surface area contributed by atoms with Crippen molar-refractivity contribution in [2.45, 2.75) is 26.2 Å². The van der Waals surface area contributed by atoms with Crippen molar-refractivity contribution in [3.63, 3.8) is 0 Å².